The van der Waals surface area contributed by atoms with E-state index in [1.54, 1.807) is 52.0 Å². The molecule has 1 amide bonds. The number of amides is 1. The van der Waals surface area contributed by atoms with Gasteiger partial charge in [0, 0.05) is 11.7 Å². The van der Waals surface area contributed by atoms with Gasteiger partial charge in [-0.2, -0.15) is 0 Å². The zero-order valence-corrected chi connectivity index (χ0v) is 12.3. The van der Waals surface area contributed by atoms with Gasteiger partial charge in [-0.15, -0.1) is 0 Å². The number of esters is 1. The van der Waals surface area contributed by atoms with Gasteiger partial charge in [-0.3, -0.25) is 4.79 Å². The van der Waals surface area contributed by atoms with E-state index in [-0.39, 0.29) is 29.9 Å². The van der Waals surface area contributed by atoms with E-state index in [0.29, 0.717) is 11.3 Å². The van der Waals surface area contributed by atoms with E-state index in [0.717, 1.165) is 0 Å². The molecule has 0 aliphatic rings. The smallest absolute Gasteiger partial charge is 0.338 e. The van der Waals surface area contributed by atoms with Gasteiger partial charge in [0.05, 0.1) is 17.6 Å². The number of ether oxygens (including phenoxy) is 1. The van der Waals surface area contributed by atoms with Crippen molar-refractivity contribution in [1.29, 1.82) is 0 Å². The molecule has 2 unspecified atom stereocenters. The molecule has 1 aromatic rings. The average Bonchev–Trinajstić information content (AvgIpc) is 2.37. The molecule has 0 saturated heterocycles. The second kappa shape index (κ2) is 7.05. The summed E-state index contributed by atoms with van der Waals surface area (Å²) in [6, 6.07) is 6.37. The number of hydrogen-bond acceptors (Lipinski definition) is 4. The molecule has 0 bridgehead atoms. The molecular weight excluding hydrogens is 256 g/mol. The van der Waals surface area contributed by atoms with Gasteiger partial charge in [-0.1, -0.05) is 6.92 Å². The fraction of sp³-hybridized carbons (Fsp3) is 0.467. The van der Waals surface area contributed by atoms with Crippen LogP contribution in [0.5, 0.6) is 0 Å². The summed E-state index contributed by atoms with van der Waals surface area (Å²) < 4.78 is 5.08. The first-order valence-electron chi connectivity index (χ1n) is 6.68. The number of carbonyl (C=O) groups is 2. The van der Waals surface area contributed by atoms with Gasteiger partial charge < -0.3 is 15.8 Å². The summed E-state index contributed by atoms with van der Waals surface area (Å²) in [5, 5.41) is 2.76. The van der Waals surface area contributed by atoms with Crippen LogP contribution in [-0.2, 0) is 9.53 Å². The van der Waals surface area contributed by atoms with Crippen molar-refractivity contribution >= 4 is 17.6 Å². The molecule has 0 saturated carbocycles. The molecule has 0 spiro atoms. The monoisotopic (exact) mass is 278 g/mol. The predicted molar refractivity (Wildman–Crippen MR) is 78.4 cm³/mol. The Morgan fingerprint density at radius 1 is 1.10 bits per heavy atom. The molecule has 2 atom stereocenters. The third-order valence-corrected chi connectivity index (χ3v) is 2.93. The van der Waals surface area contributed by atoms with Crippen LogP contribution >= 0.6 is 0 Å². The Kier molecular flexibility index (Phi) is 5.70. The first-order chi connectivity index (χ1) is 9.31. The lowest BCUT2D eigenvalue weighted by molar-refractivity contribution is -0.119. The highest BCUT2D eigenvalue weighted by Gasteiger charge is 2.17. The zero-order valence-electron chi connectivity index (χ0n) is 12.3. The van der Waals surface area contributed by atoms with Crippen molar-refractivity contribution in [2.24, 2.45) is 11.7 Å². The highest BCUT2D eigenvalue weighted by atomic mass is 16.5. The summed E-state index contributed by atoms with van der Waals surface area (Å²) in [6.07, 6.45) is -0.159. The van der Waals surface area contributed by atoms with Crippen LogP contribution in [0.1, 0.15) is 38.1 Å². The lowest BCUT2D eigenvalue weighted by Crippen LogP contribution is -2.34. The predicted octanol–water partition coefficient (Wildman–Crippen LogP) is 2.17. The minimum atomic E-state index is -0.373. The maximum Gasteiger partial charge on any atom is 0.338 e. The number of nitrogens with two attached hydrogens (primary N) is 1. The molecular formula is C15H22N2O3. The Morgan fingerprint density at radius 2 is 1.65 bits per heavy atom. The highest BCUT2D eigenvalue weighted by molar-refractivity contribution is 5.94. The highest BCUT2D eigenvalue weighted by Crippen LogP contribution is 2.13. The summed E-state index contributed by atoms with van der Waals surface area (Å²) in [5.41, 5.74) is 6.76. The van der Waals surface area contributed by atoms with E-state index in [2.05, 4.69) is 5.32 Å². The van der Waals surface area contributed by atoms with E-state index in [9.17, 15) is 9.59 Å². The van der Waals surface area contributed by atoms with Gasteiger partial charge in [0.1, 0.15) is 0 Å². The molecule has 1 rings (SSSR count). The molecule has 110 valence electrons. The number of nitrogens with one attached hydrogen (secondary N) is 1. The third-order valence-electron chi connectivity index (χ3n) is 2.93. The SMILES string of the molecule is CC(C)OC(=O)c1ccc(NC(=O)C(C)C(C)N)cc1. The molecule has 5 nitrogen and oxygen atoms in total. The maximum absolute atomic E-state index is 11.8. The van der Waals surface area contributed by atoms with E-state index < -0.39 is 0 Å². The number of benzene rings is 1. The van der Waals surface area contributed by atoms with E-state index in [4.69, 9.17) is 10.5 Å². The normalized spacial score (nSPS) is 13.7. The average molecular weight is 278 g/mol. The molecule has 0 aromatic heterocycles. The Hall–Kier alpha value is -1.88. The molecule has 5 heteroatoms. The van der Waals surface area contributed by atoms with Gasteiger partial charge in [0.25, 0.3) is 0 Å². The van der Waals surface area contributed by atoms with Crippen LogP contribution in [0.25, 0.3) is 0 Å². The van der Waals surface area contributed by atoms with Crippen LogP contribution in [0.3, 0.4) is 0 Å². The minimum absolute atomic E-state index is 0.141. The minimum Gasteiger partial charge on any atom is -0.459 e. The maximum atomic E-state index is 11.8. The van der Waals surface area contributed by atoms with E-state index in [1.807, 2.05) is 0 Å². The van der Waals surface area contributed by atoms with Crippen molar-refractivity contribution < 1.29 is 14.3 Å². The first-order valence-corrected chi connectivity index (χ1v) is 6.68. The fourth-order valence-corrected chi connectivity index (χ4v) is 1.47. The van der Waals surface area contributed by atoms with Crippen molar-refractivity contribution in [2.75, 3.05) is 5.32 Å². The standard InChI is InChI=1S/C15H22N2O3/c1-9(2)20-15(19)12-5-7-13(8-6-12)17-14(18)10(3)11(4)16/h5-11H,16H2,1-4H3,(H,17,18). The van der Waals surface area contributed by atoms with Crippen molar-refractivity contribution in [2.45, 2.75) is 39.8 Å². The van der Waals surface area contributed by atoms with Crippen molar-refractivity contribution in [3.05, 3.63) is 29.8 Å². The van der Waals surface area contributed by atoms with Crippen LogP contribution in [0.15, 0.2) is 24.3 Å². The zero-order chi connectivity index (χ0) is 15.3. The molecule has 20 heavy (non-hydrogen) atoms. The Bertz CT molecular complexity index is 467. The Morgan fingerprint density at radius 3 is 2.10 bits per heavy atom. The van der Waals surface area contributed by atoms with Crippen molar-refractivity contribution in [3.63, 3.8) is 0 Å². The summed E-state index contributed by atoms with van der Waals surface area (Å²) >= 11 is 0. The molecule has 3 N–H and O–H groups in total. The molecule has 0 fully saturated rings. The Labute approximate surface area is 119 Å². The Balaban J connectivity index is 2.67. The van der Waals surface area contributed by atoms with Crippen LogP contribution in [-0.4, -0.2) is 24.0 Å². The number of anilines is 1. The molecule has 0 heterocycles. The van der Waals surface area contributed by atoms with Gasteiger partial charge >= 0.3 is 5.97 Å². The number of hydrogen-bond donors (Lipinski definition) is 2. The third kappa shape index (κ3) is 4.66. The quantitative estimate of drug-likeness (QED) is 0.809. The van der Waals surface area contributed by atoms with Crippen LogP contribution < -0.4 is 11.1 Å². The topological polar surface area (TPSA) is 81.4 Å². The summed E-state index contributed by atoms with van der Waals surface area (Å²) in [4.78, 5) is 23.5. The van der Waals surface area contributed by atoms with Crippen LogP contribution in [0, 0.1) is 5.92 Å². The van der Waals surface area contributed by atoms with Crippen molar-refractivity contribution in [3.8, 4) is 0 Å². The second-order valence-electron chi connectivity index (χ2n) is 5.17. The first kappa shape index (κ1) is 16.2. The summed E-state index contributed by atoms with van der Waals surface area (Å²) in [6.45, 7) is 7.15. The van der Waals surface area contributed by atoms with Gasteiger partial charge in [0.15, 0.2) is 0 Å². The lowest BCUT2D eigenvalue weighted by atomic mass is 10.0. The van der Waals surface area contributed by atoms with Crippen LogP contribution in [0.4, 0.5) is 5.69 Å². The fourth-order valence-electron chi connectivity index (χ4n) is 1.47. The summed E-state index contributed by atoms with van der Waals surface area (Å²) in [7, 11) is 0. The van der Waals surface area contributed by atoms with Gasteiger partial charge in [-0.25, -0.2) is 4.79 Å². The number of rotatable bonds is 5. The van der Waals surface area contributed by atoms with E-state index >= 15 is 0 Å². The van der Waals surface area contributed by atoms with Crippen molar-refractivity contribution in [1.82, 2.24) is 0 Å². The van der Waals surface area contributed by atoms with Crippen LogP contribution in [0.2, 0.25) is 0 Å². The van der Waals surface area contributed by atoms with Gasteiger partial charge in [-0.05, 0) is 45.0 Å². The second-order valence-corrected chi connectivity index (χ2v) is 5.17. The molecule has 0 aliphatic heterocycles. The summed E-state index contributed by atoms with van der Waals surface area (Å²) in [5.74, 6) is -0.792. The molecule has 1 aromatic carbocycles. The largest absolute Gasteiger partial charge is 0.459 e. The van der Waals surface area contributed by atoms with E-state index in [1.165, 1.54) is 0 Å². The lowest BCUT2D eigenvalue weighted by Gasteiger charge is -2.15. The molecule has 0 radical (unpaired) electrons. The number of carbonyl (C=O) groups excluding carboxylic acids is 2. The molecule has 0 aliphatic carbocycles. The van der Waals surface area contributed by atoms with Gasteiger partial charge in [0.2, 0.25) is 5.91 Å².